The Morgan fingerprint density at radius 3 is 2.05 bits per heavy atom. The number of likely N-dealkylation sites (tertiary alicyclic amines) is 2. The Kier molecular flexibility index (Phi) is 5.01. The lowest BCUT2D eigenvalue weighted by atomic mass is 9.83. The largest absolute Gasteiger partial charge is 0.380 e. The molecule has 3 fully saturated rings. The van der Waals surface area contributed by atoms with E-state index in [1.165, 1.54) is 6.42 Å². The molecule has 1 saturated carbocycles. The van der Waals surface area contributed by atoms with Crippen molar-refractivity contribution in [2.24, 2.45) is 11.8 Å². The van der Waals surface area contributed by atoms with Crippen LogP contribution in [0.4, 0.5) is 0 Å². The number of methoxy groups -OCH3 is 1. The van der Waals surface area contributed by atoms with E-state index in [4.69, 9.17) is 4.74 Å². The van der Waals surface area contributed by atoms with Crippen LogP contribution < -0.4 is 0 Å². The van der Waals surface area contributed by atoms with Crippen molar-refractivity contribution in [3.05, 3.63) is 0 Å². The van der Waals surface area contributed by atoms with E-state index in [0.29, 0.717) is 5.91 Å². The second kappa shape index (κ2) is 6.99. The summed E-state index contributed by atoms with van der Waals surface area (Å²) in [7, 11) is 1.73. The second-order valence-corrected chi connectivity index (χ2v) is 7.01. The number of piperidine rings is 2. The van der Waals surface area contributed by atoms with Gasteiger partial charge in [0.1, 0.15) is 0 Å². The predicted molar refractivity (Wildman–Crippen MR) is 83.3 cm³/mol. The number of nitrogens with zero attached hydrogens (tertiary/aromatic N) is 2. The van der Waals surface area contributed by atoms with Gasteiger partial charge in [-0.1, -0.05) is 6.42 Å². The van der Waals surface area contributed by atoms with Crippen molar-refractivity contribution < 1.29 is 14.3 Å². The van der Waals surface area contributed by atoms with E-state index in [2.05, 4.69) is 0 Å². The molecule has 3 rings (SSSR count). The van der Waals surface area contributed by atoms with Crippen LogP contribution in [-0.2, 0) is 14.3 Å². The van der Waals surface area contributed by atoms with E-state index in [0.717, 1.165) is 64.7 Å². The Labute approximate surface area is 133 Å². The van der Waals surface area contributed by atoms with Crippen LogP contribution in [0.25, 0.3) is 0 Å². The predicted octanol–water partition coefficient (Wildman–Crippen LogP) is 1.66. The number of carbonyl (C=O) groups is 2. The summed E-state index contributed by atoms with van der Waals surface area (Å²) in [6, 6.07) is 0. The van der Waals surface area contributed by atoms with Gasteiger partial charge in [-0.05, 0) is 38.5 Å². The molecule has 124 valence electrons. The highest BCUT2D eigenvalue weighted by atomic mass is 16.5. The zero-order valence-corrected chi connectivity index (χ0v) is 13.6. The number of amides is 2. The van der Waals surface area contributed by atoms with Gasteiger partial charge >= 0.3 is 0 Å². The van der Waals surface area contributed by atoms with Crippen LogP contribution in [0.3, 0.4) is 0 Å². The average molecular weight is 308 g/mol. The molecule has 5 heteroatoms. The number of ether oxygens (including phenoxy) is 1. The molecule has 2 heterocycles. The quantitative estimate of drug-likeness (QED) is 0.797. The Morgan fingerprint density at radius 2 is 1.45 bits per heavy atom. The molecule has 0 aromatic rings. The number of carbonyl (C=O) groups excluding carboxylic acids is 2. The lowest BCUT2D eigenvalue weighted by Gasteiger charge is -2.39. The molecular formula is C17H28N2O3. The standard InChI is InChI=1S/C17H28N2O3/c1-22-15-6-3-9-19(12-15)17(21)14-7-10-18(11-8-14)16(20)13-4-2-5-13/h13-15H,2-12H2,1H3. The maximum atomic E-state index is 12.7. The van der Waals surface area contributed by atoms with Crippen molar-refractivity contribution >= 4 is 11.8 Å². The van der Waals surface area contributed by atoms with Crippen LogP contribution in [0.15, 0.2) is 0 Å². The van der Waals surface area contributed by atoms with Crippen molar-refractivity contribution in [3.63, 3.8) is 0 Å². The van der Waals surface area contributed by atoms with Crippen LogP contribution in [-0.4, -0.2) is 61.0 Å². The van der Waals surface area contributed by atoms with E-state index in [1.54, 1.807) is 7.11 Å². The van der Waals surface area contributed by atoms with Gasteiger partial charge in [-0.3, -0.25) is 9.59 Å². The molecular weight excluding hydrogens is 280 g/mol. The fourth-order valence-corrected chi connectivity index (χ4v) is 3.85. The molecule has 5 nitrogen and oxygen atoms in total. The van der Waals surface area contributed by atoms with Crippen LogP contribution in [0.2, 0.25) is 0 Å². The van der Waals surface area contributed by atoms with Crippen molar-refractivity contribution in [2.45, 2.75) is 51.0 Å². The summed E-state index contributed by atoms with van der Waals surface area (Å²) in [5.74, 6) is 0.977. The molecule has 0 aromatic heterocycles. The summed E-state index contributed by atoms with van der Waals surface area (Å²) in [6.45, 7) is 3.11. The Bertz CT molecular complexity index is 414. The zero-order valence-electron chi connectivity index (χ0n) is 13.6. The van der Waals surface area contributed by atoms with Crippen LogP contribution in [0, 0.1) is 11.8 Å². The van der Waals surface area contributed by atoms with Gasteiger partial charge in [0.15, 0.2) is 0 Å². The highest BCUT2D eigenvalue weighted by Crippen LogP contribution is 2.30. The van der Waals surface area contributed by atoms with E-state index in [1.807, 2.05) is 9.80 Å². The fourth-order valence-electron chi connectivity index (χ4n) is 3.85. The summed E-state index contributed by atoms with van der Waals surface area (Å²) in [4.78, 5) is 28.9. The normalized spacial score (nSPS) is 27.6. The number of rotatable bonds is 3. The van der Waals surface area contributed by atoms with Crippen molar-refractivity contribution in [2.75, 3.05) is 33.3 Å². The second-order valence-electron chi connectivity index (χ2n) is 7.01. The minimum Gasteiger partial charge on any atom is -0.380 e. The fraction of sp³-hybridized carbons (Fsp3) is 0.882. The molecule has 1 atom stereocenters. The molecule has 0 bridgehead atoms. The SMILES string of the molecule is COC1CCCN(C(=O)C2CCN(C(=O)C3CCC3)CC2)C1. The van der Waals surface area contributed by atoms with Crippen molar-refractivity contribution in [1.82, 2.24) is 9.80 Å². The van der Waals surface area contributed by atoms with E-state index >= 15 is 0 Å². The Morgan fingerprint density at radius 1 is 0.818 bits per heavy atom. The Balaban J connectivity index is 1.48. The highest BCUT2D eigenvalue weighted by molar-refractivity contribution is 5.81. The third-order valence-corrected chi connectivity index (χ3v) is 5.63. The topological polar surface area (TPSA) is 49.9 Å². The summed E-state index contributed by atoms with van der Waals surface area (Å²) < 4.78 is 5.41. The number of hydrogen-bond donors (Lipinski definition) is 0. The van der Waals surface area contributed by atoms with Crippen LogP contribution in [0.5, 0.6) is 0 Å². The summed E-state index contributed by atoms with van der Waals surface area (Å²) in [5, 5.41) is 0. The van der Waals surface area contributed by atoms with Gasteiger partial charge in [0.25, 0.3) is 0 Å². The highest BCUT2D eigenvalue weighted by Gasteiger charge is 2.35. The monoisotopic (exact) mass is 308 g/mol. The molecule has 22 heavy (non-hydrogen) atoms. The van der Waals surface area contributed by atoms with Gasteiger partial charge < -0.3 is 14.5 Å². The van der Waals surface area contributed by atoms with Gasteiger partial charge in [0.05, 0.1) is 6.10 Å². The molecule has 0 N–H and O–H groups in total. The van der Waals surface area contributed by atoms with Crippen molar-refractivity contribution in [1.29, 1.82) is 0 Å². The molecule has 1 unspecified atom stereocenters. The van der Waals surface area contributed by atoms with E-state index < -0.39 is 0 Å². The summed E-state index contributed by atoms with van der Waals surface area (Å²) >= 11 is 0. The van der Waals surface area contributed by atoms with Crippen LogP contribution >= 0.6 is 0 Å². The van der Waals surface area contributed by atoms with Crippen molar-refractivity contribution in [3.8, 4) is 0 Å². The first-order valence-corrected chi connectivity index (χ1v) is 8.79. The third-order valence-electron chi connectivity index (χ3n) is 5.63. The van der Waals surface area contributed by atoms with E-state index in [-0.39, 0.29) is 23.8 Å². The molecule has 0 spiro atoms. The third kappa shape index (κ3) is 3.29. The first-order valence-electron chi connectivity index (χ1n) is 8.79. The lowest BCUT2D eigenvalue weighted by Crippen LogP contribution is -2.49. The van der Waals surface area contributed by atoms with Crippen LogP contribution in [0.1, 0.15) is 44.9 Å². The number of hydrogen-bond acceptors (Lipinski definition) is 3. The average Bonchev–Trinajstić information content (AvgIpc) is 2.52. The Hall–Kier alpha value is -1.10. The van der Waals surface area contributed by atoms with Gasteiger partial charge in [0, 0.05) is 45.1 Å². The summed E-state index contributed by atoms with van der Waals surface area (Å²) in [6.07, 6.45) is 7.24. The molecule has 3 aliphatic rings. The smallest absolute Gasteiger partial charge is 0.225 e. The van der Waals surface area contributed by atoms with E-state index in [9.17, 15) is 9.59 Å². The zero-order chi connectivity index (χ0) is 15.5. The molecule has 2 saturated heterocycles. The minimum atomic E-state index is 0.0982. The van der Waals surface area contributed by atoms with Gasteiger partial charge in [-0.25, -0.2) is 0 Å². The molecule has 2 amide bonds. The van der Waals surface area contributed by atoms with Gasteiger partial charge in [-0.2, -0.15) is 0 Å². The maximum absolute atomic E-state index is 12.7. The van der Waals surface area contributed by atoms with Gasteiger partial charge in [0.2, 0.25) is 11.8 Å². The maximum Gasteiger partial charge on any atom is 0.225 e. The molecule has 1 aliphatic carbocycles. The first kappa shape index (κ1) is 15.8. The molecule has 0 aromatic carbocycles. The van der Waals surface area contributed by atoms with Gasteiger partial charge in [-0.15, -0.1) is 0 Å². The molecule has 0 radical (unpaired) electrons. The molecule has 2 aliphatic heterocycles. The minimum absolute atomic E-state index is 0.0982. The lowest BCUT2D eigenvalue weighted by molar-refractivity contribution is -0.145. The summed E-state index contributed by atoms with van der Waals surface area (Å²) in [5.41, 5.74) is 0. The first-order chi connectivity index (χ1) is 10.7.